The van der Waals surface area contributed by atoms with E-state index < -0.39 is 0 Å². The fourth-order valence-corrected chi connectivity index (χ4v) is 3.95. The van der Waals surface area contributed by atoms with Crippen molar-refractivity contribution in [1.29, 1.82) is 0 Å². The number of nitrogens with zero attached hydrogens (tertiary/aromatic N) is 2. The Morgan fingerprint density at radius 3 is 2.38 bits per heavy atom. The largest absolute Gasteiger partial charge is 0.350 e. The summed E-state index contributed by atoms with van der Waals surface area (Å²) >= 11 is 0. The third-order valence-corrected chi connectivity index (χ3v) is 5.36. The molecule has 3 aromatic rings. The standard InChI is InChI=1S/C23H25FN2/c1-2-18-6-8-19(9-7-18)17-26-16-4-15-25-14-3-5-22(25)23(26)20-10-12-21(24)13-11-20/h3,5-14,23H,2,4,15-17H2,1H3/t23-/m0/s1. The summed E-state index contributed by atoms with van der Waals surface area (Å²) in [5, 5.41) is 0. The molecule has 2 heterocycles. The highest BCUT2D eigenvalue weighted by Crippen LogP contribution is 2.33. The fourth-order valence-electron chi connectivity index (χ4n) is 3.95. The van der Waals surface area contributed by atoms with Crippen molar-refractivity contribution < 1.29 is 4.39 Å². The molecule has 26 heavy (non-hydrogen) atoms. The summed E-state index contributed by atoms with van der Waals surface area (Å²) in [5.41, 5.74) is 5.14. The Labute approximate surface area is 154 Å². The van der Waals surface area contributed by atoms with Crippen molar-refractivity contribution in [3.05, 3.63) is 95.1 Å². The highest BCUT2D eigenvalue weighted by atomic mass is 19.1. The SMILES string of the molecule is CCc1ccc(CN2CCCn3cccc3[C@@H]2c2ccc(F)cc2)cc1. The smallest absolute Gasteiger partial charge is 0.123 e. The zero-order valence-electron chi connectivity index (χ0n) is 15.2. The van der Waals surface area contributed by atoms with Crippen molar-refractivity contribution in [2.24, 2.45) is 0 Å². The maximum atomic E-state index is 13.5. The highest BCUT2D eigenvalue weighted by molar-refractivity contribution is 5.31. The van der Waals surface area contributed by atoms with Crippen LogP contribution in [0.15, 0.2) is 66.9 Å². The topological polar surface area (TPSA) is 8.17 Å². The van der Waals surface area contributed by atoms with Crippen LogP contribution in [-0.2, 0) is 19.5 Å². The minimum Gasteiger partial charge on any atom is -0.350 e. The Bertz CT molecular complexity index is 849. The Balaban J connectivity index is 1.69. The van der Waals surface area contributed by atoms with Crippen molar-refractivity contribution in [1.82, 2.24) is 9.47 Å². The van der Waals surface area contributed by atoms with Gasteiger partial charge >= 0.3 is 0 Å². The summed E-state index contributed by atoms with van der Waals surface area (Å²) in [6.07, 6.45) is 4.34. The molecule has 2 aromatic carbocycles. The van der Waals surface area contributed by atoms with Crippen LogP contribution in [0.3, 0.4) is 0 Å². The van der Waals surface area contributed by atoms with E-state index in [4.69, 9.17) is 0 Å². The number of benzene rings is 2. The number of hydrogen-bond acceptors (Lipinski definition) is 1. The van der Waals surface area contributed by atoms with E-state index in [0.29, 0.717) is 0 Å². The fraction of sp³-hybridized carbons (Fsp3) is 0.304. The van der Waals surface area contributed by atoms with E-state index in [1.54, 1.807) is 12.1 Å². The predicted molar refractivity (Wildman–Crippen MR) is 104 cm³/mol. The highest BCUT2D eigenvalue weighted by Gasteiger charge is 2.27. The molecule has 1 aromatic heterocycles. The Morgan fingerprint density at radius 1 is 0.923 bits per heavy atom. The van der Waals surface area contributed by atoms with Gasteiger partial charge in [0, 0.05) is 31.5 Å². The molecule has 0 amide bonds. The Morgan fingerprint density at radius 2 is 1.65 bits per heavy atom. The lowest BCUT2D eigenvalue weighted by Gasteiger charge is -2.30. The van der Waals surface area contributed by atoms with Crippen LogP contribution < -0.4 is 0 Å². The van der Waals surface area contributed by atoms with E-state index in [2.05, 4.69) is 59.0 Å². The minimum absolute atomic E-state index is 0.152. The summed E-state index contributed by atoms with van der Waals surface area (Å²) in [4.78, 5) is 2.52. The van der Waals surface area contributed by atoms with Crippen LogP contribution >= 0.6 is 0 Å². The van der Waals surface area contributed by atoms with Gasteiger partial charge < -0.3 is 4.57 Å². The molecule has 1 atom stereocenters. The third kappa shape index (κ3) is 3.45. The normalized spacial score (nSPS) is 17.7. The molecule has 0 aliphatic carbocycles. The summed E-state index contributed by atoms with van der Waals surface area (Å²) in [6, 6.07) is 20.4. The third-order valence-electron chi connectivity index (χ3n) is 5.36. The molecule has 0 fully saturated rings. The summed E-state index contributed by atoms with van der Waals surface area (Å²) < 4.78 is 15.8. The molecule has 0 radical (unpaired) electrons. The van der Waals surface area contributed by atoms with Gasteiger partial charge in [-0.15, -0.1) is 0 Å². The summed E-state index contributed by atoms with van der Waals surface area (Å²) in [7, 11) is 0. The second kappa shape index (κ2) is 7.46. The molecule has 0 saturated heterocycles. The zero-order chi connectivity index (χ0) is 17.9. The number of hydrogen-bond donors (Lipinski definition) is 0. The molecule has 0 N–H and O–H groups in total. The van der Waals surface area contributed by atoms with Crippen LogP contribution in [0.2, 0.25) is 0 Å². The van der Waals surface area contributed by atoms with Crippen LogP contribution in [0, 0.1) is 5.82 Å². The average molecular weight is 348 g/mol. The second-order valence-corrected chi connectivity index (χ2v) is 7.07. The van der Waals surface area contributed by atoms with Crippen molar-refractivity contribution in [3.8, 4) is 0 Å². The summed E-state index contributed by atoms with van der Waals surface area (Å²) in [6.45, 7) is 5.14. The molecule has 4 rings (SSSR count). The van der Waals surface area contributed by atoms with Gasteiger partial charge in [0.1, 0.15) is 5.82 Å². The van der Waals surface area contributed by atoms with Gasteiger partial charge in [0.05, 0.1) is 6.04 Å². The first-order chi connectivity index (χ1) is 12.7. The molecule has 2 nitrogen and oxygen atoms in total. The molecule has 0 bridgehead atoms. The molecule has 0 spiro atoms. The van der Waals surface area contributed by atoms with Crippen molar-refractivity contribution in [3.63, 3.8) is 0 Å². The average Bonchev–Trinajstić information content (AvgIpc) is 3.05. The first-order valence-corrected chi connectivity index (χ1v) is 9.47. The Hall–Kier alpha value is -2.39. The van der Waals surface area contributed by atoms with E-state index in [-0.39, 0.29) is 11.9 Å². The molecule has 1 aliphatic heterocycles. The van der Waals surface area contributed by atoms with Gasteiger partial charge in [-0.25, -0.2) is 4.39 Å². The van der Waals surface area contributed by atoms with E-state index in [9.17, 15) is 4.39 Å². The lowest BCUT2D eigenvalue weighted by atomic mass is 10.0. The van der Waals surface area contributed by atoms with Crippen molar-refractivity contribution in [2.45, 2.75) is 38.9 Å². The number of aromatic nitrogens is 1. The molecule has 134 valence electrons. The quantitative estimate of drug-likeness (QED) is 0.630. The van der Waals surface area contributed by atoms with Gasteiger partial charge in [-0.3, -0.25) is 4.90 Å². The Kier molecular flexibility index (Phi) is 4.89. The summed E-state index contributed by atoms with van der Waals surface area (Å²) in [5.74, 6) is -0.181. The first-order valence-electron chi connectivity index (χ1n) is 9.47. The van der Waals surface area contributed by atoms with E-state index in [1.807, 2.05) is 12.1 Å². The maximum absolute atomic E-state index is 13.5. The number of halogens is 1. The predicted octanol–water partition coefficient (Wildman–Crippen LogP) is 5.18. The van der Waals surface area contributed by atoms with Gasteiger partial charge in [-0.1, -0.05) is 43.3 Å². The van der Waals surface area contributed by atoms with Crippen LogP contribution in [0.1, 0.15) is 41.8 Å². The van der Waals surface area contributed by atoms with Crippen LogP contribution in [-0.4, -0.2) is 16.0 Å². The second-order valence-electron chi connectivity index (χ2n) is 7.07. The number of rotatable bonds is 4. The minimum atomic E-state index is -0.181. The van der Waals surface area contributed by atoms with Gasteiger partial charge in [0.2, 0.25) is 0 Å². The van der Waals surface area contributed by atoms with E-state index in [1.165, 1.54) is 16.8 Å². The molecular formula is C23H25FN2. The number of fused-ring (bicyclic) bond motifs is 1. The lowest BCUT2D eigenvalue weighted by molar-refractivity contribution is 0.220. The van der Waals surface area contributed by atoms with Crippen molar-refractivity contribution in [2.75, 3.05) is 6.54 Å². The molecule has 0 unspecified atom stereocenters. The molecule has 0 saturated carbocycles. The van der Waals surface area contributed by atoms with Gasteiger partial charge in [-0.05, 0) is 53.8 Å². The molecule has 1 aliphatic rings. The molecular weight excluding hydrogens is 323 g/mol. The van der Waals surface area contributed by atoms with E-state index >= 15 is 0 Å². The van der Waals surface area contributed by atoms with Gasteiger partial charge in [0.15, 0.2) is 0 Å². The monoisotopic (exact) mass is 348 g/mol. The van der Waals surface area contributed by atoms with E-state index in [0.717, 1.165) is 38.0 Å². The van der Waals surface area contributed by atoms with Crippen LogP contribution in [0.5, 0.6) is 0 Å². The zero-order valence-corrected chi connectivity index (χ0v) is 15.2. The lowest BCUT2D eigenvalue weighted by Crippen LogP contribution is -2.29. The van der Waals surface area contributed by atoms with Gasteiger partial charge in [-0.2, -0.15) is 0 Å². The number of aryl methyl sites for hydroxylation is 2. The van der Waals surface area contributed by atoms with Crippen LogP contribution in [0.4, 0.5) is 4.39 Å². The van der Waals surface area contributed by atoms with Crippen LogP contribution in [0.25, 0.3) is 0 Å². The maximum Gasteiger partial charge on any atom is 0.123 e. The van der Waals surface area contributed by atoms with Gasteiger partial charge in [0.25, 0.3) is 0 Å². The first kappa shape index (κ1) is 17.0. The van der Waals surface area contributed by atoms with Crippen molar-refractivity contribution >= 4 is 0 Å². The molecule has 3 heteroatoms.